The van der Waals surface area contributed by atoms with Crippen molar-refractivity contribution in [2.75, 3.05) is 32.1 Å². The van der Waals surface area contributed by atoms with Gasteiger partial charge >= 0.3 is 6.03 Å². The average Bonchev–Trinajstić information content (AvgIpc) is 2.49. The quantitative estimate of drug-likeness (QED) is 0.831. The number of likely N-dealkylation sites (N-methyl/N-ethyl adjacent to an activating group) is 1. The van der Waals surface area contributed by atoms with E-state index in [0.717, 1.165) is 5.56 Å². The molecule has 2 rings (SSSR count). The van der Waals surface area contributed by atoms with Gasteiger partial charge in [0.05, 0.1) is 6.54 Å². The van der Waals surface area contributed by atoms with Gasteiger partial charge in [-0.3, -0.25) is 9.69 Å². The van der Waals surface area contributed by atoms with Crippen LogP contribution in [-0.2, 0) is 11.3 Å². The molecule has 0 saturated heterocycles. The lowest BCUT2D eigenvalue weighted by Crippen LogP contribution is -2.52. The van der Waals surface area contributed by atoms with Gasteiger partial charge in [0.25, 0.3) is 0 Å². The van der Waals surface area contributed by atoms with E-state index < -0.39 is 0 Å². The zero-order valence-electron chi connectivity index (χ0n) is 14.7. The van der Waals surface area contributed by atoms with Gasteiger partial charge in [0, 0.05) is 32.4 Å². The van der Waals surface area contributed by atoms with Crippen molar-refractivity contribution >= 4 is 17.8 Å². The third-order valence-electron chi connectivity index (χ3n) is 3.52. The number of anilines is 1. The second kappa shape index (κ2) is 6.43. The highest BCUT2D eigenvalue weighted by molar-refractivity contribution is 5.96. The second-order valence-corrected chi connectivity index (χ2v) is 7.23. The molecule has 0 aliphatic carbocycles. The molecule has 128 valence electrons. The highest BCUT2D eigenvalue weighted by atomic mass is 16.2. The van der Waals surface area contributed by atoms with Gasteiger partial charge in [-0.1, -0.05) is 20.8 Å². The van der Waals surface area contributed by atoms with Crippen LogP contribution in [0.25, 0.3) is 0 Å². The number of rotatable bonds is 3. The summed E-state index contributed by atoms with van der Waals surface area (Å²) < 4.78 is 0. The van der Waals surface area contributed by atoms with Crippen LogP contribution in [0.15, 0.2) is 6.20 Å². The molecule has 1 aliphatic heterocycles. The number of nitrogens with zero attached hydrogens (tertiary/aromatic N) is 6. The number of amides is 3. The van der Waals surface area contributed by atoms with Gasteiger partial charge in [-0.15, -0.1) is 0 Å². The largest absolute Gasteiger partial charge is 0.347 e. The molecule has 0 atom stereocenters. The van der Waals surface area contributed by atoms with Crippen molar-refractivity contribution in [2.24, 2.45) is 5.41 Å². The van der Waals surface area contributed by atoms with Crippen molar-refractivity contribution in [2.45, 2.75) is 27.3 Å². The van der Waals surface area contributed by atoms with Crippen LogP contribution in [0.5, 0.6) is 0 Å². The molecule has 1 aromatic rings. The lowest BCUT2D eigenvalue weighted by molar-refractivity contribution is -0.129. The summed E-state index contributed by atoms with van der Waals surface area (Å²) in [7, 11) is 3.31. The summed E-state index contributed by atoms with van der Waals surface area (Å²) in [5.74, 6) is 0.324. The van der Waals surface area contributed by atoms with Gasteiger partial charge in [-0.2, -0.15) is 5.26 Å². The molecule has 2 heterocycles. The molecule has 0 aromatic carbocycles. The summed E-state index contributed by atoms with van der Waals surface area (Å²) in [6, 6.07) is 1.62. The summed E-state index contributed by atoms with van der Waals surface area (Å²) in [6.45, 7) is 6.70. The molecule has 0 fully saturated rings. The summed E-state index contributed by atoms with van der Waals surface area (Å²) in [5, 5.41) is 9.02. The Kier molecular flexibility index (Phi) is 4.73. The van der Waals surface area contributed by atoms with E-state index in [2.05, 4.69) is 9.97 Å². The van der Waals surface area contributed by atoms with E-state index in [0.29, 0.717) is 12.4 Å². The smallest absolute Gasteiger partial charge is 0.326 e. The zero-order chi connectivity index (χ0) is 18.1. The van der Waals surface area contributed by atoms with Crippen molar-refractivity contribution in [3.63, 3.8) is 0 Å². The second-order valence-electron chi connectivity index (χ2n) is 7.23. The van der Waals surface area contributed by atoms with Crippen molar-refractivity contribution < 1.29 is 9.59 Å². The number of carbonyl (C=O) groups is 2. The Balaban J connectivity index is 2.41. The molecule has 3 amide bonds. The Morgan fingerprint density at radius 1 is 1.42 bits per heavy atom. The standard InChI is InChI=1S/C16H22N6O2/c1-16(2,3)10-22-14-11(7-18-12(6-17)19-14)8-21(15(22)24)9-13(23)20(4)5/h7H,8-10H2,1-5H3. The summed E-state index contributed by atoms with van der Waals surface area (Å²) in [5.41, 5.74) is 0.559. The maximum atomic E-state index is 12.9. The normalized spacial score (nSPS) is 14.2. The number of aromatic nitrogens is 2. The van der Waals surface area contributed by atoms with Crippen molar-refractivity contribution in [3.8, 4) is 6.07 Å². The molecule has 8 nitrogen and oxygen atoms in total. The minimum Gasteiger partial charge on any atom is -0.347 e. The topological polar surface area (TPSA) is 93.4 Å². The molecule has 0 bridgehead atoms. The van der Waals surface area contributed by atoms with Gasteiger partial charge in [0.15, 0.2) is 0 Å². The van der Waals surface area contributed by atoms with Crippen LogP contribution < -0.4 is 4.90 Å². The fourth-order valence-electron chi connectivity index (χ4n) is 2.38. The molecule has 0 unspecified atom stereocenters. The number of carbonyl (C=O) groups excluding carboxylic acids is 2. The fraction of sp³-hybridized carbons (Fsp3) is 0.562. The van der Waals surface area contributed by atoms with E-state index in [1.165, 1.54) is 14.7 Å². The highest BCUT2D eigenvalue weighted by Crippen LogP contribution is 2.29. The highest BCUT2D eigenvalue weighted by Gasteiger charge is 2.35. The van der Waals surface area contributed by atoms with Gasteiger partial charge in [0.2, 0.25) is 11.7 Å². The third kappa shape index (κ3) is 3.79. The predicted molar refractivity (Wildman–Crippen MR) is 88.0 cm³/mol. The number of fused-ring (bicyclic) bond motifs is 1. The molecular formula is C16H22N6O2. The van der Waals surface area contributed by atoms with Crippen LogP contribution in [0.4, 0.5) is 10.6 Å². The first-order chi connectivity index (χ1) is 11.1. The molecular weight excluding hydrogens is 308 g/mol. The molecule has 0 N–H and O–H groups in total. The Labute approximate surface area is 141 Å². The van der Waals surface area contributed by atoms with E-state index in [1.54, 1.807) is 20.3 Å². The summed E-state index contributed by atoms with van der Waals surface area (Å²) in [6.07, 6.45) is 1.55. The van der Waals surface area contributed by atoms with Crippen LogP contribution in [-0.4, -0.2) is 58.9 Å². The van der Waals surface area contributed by atoms with Gasteiger partial charge < -0.3 is 9.80 Å². The first-order valence-electron chi connectivity index (χ1n) is 7.65. The van der Waals surface area contributed by atoms with E-state index in [4.69, 9.17) is 5.26 Å². The summed E-state index contributed by atoms with van der Waals surface area (Å²) >= 11 is 0. The monoisotopic (exact) mass is 330 g/mol. The van der Waals surface area contributed by atoms with Crippen LogP contribution in [0.2, 0.25) is 0 Å². The van der Waals surface area contributed by atoms with Crippen molar-refractivity contribution in [3.05, 3.63) is 17.6 Å². The van der Waals surface area contributed by atoms with Gasteiger partial charge in [-0.25, -0.2) is 14.8 Å². The van der Waals surface area contributed by atoms with Crippen molar-refractivity contribution in [1.29, 1.82) is 5.26 Å². The fourth-order valence-corrected chi connectivity index (χ4v) is 2.38. The number of nitriles is 1. The molecule has 1 aliphatic rings. The lowest BCUT2D eigenvalue weighted by Gasteiger charge is -2.38. The molecule has 0 radical (unpaired) electrons. The molecule has 0 saturated carbocycles. The number of hydrogen-bond donors (Lipinski definition) is 0. The van der Waals surface area contributed by atoms with E-state index in [-0.39, 0.29) is 36.3 Å². The molecule has 1 aromatic heterocycles. The van der Waals surface area contributed by atoms with Crippen LogP contribution >= 0.6 is 0 Å². The first kappa shape index (κ1) is 17.7. The van der Waals surface area contributed by atoms with Crippen LogP contribution in [0.1, 0.15) is 32.2 Å². The maximum absolute atomic E-state index is 12.9. The average molecular weight is 330 g/mol. The predicted octanol–water partition coefficient (Wildman–Crippen LogP) is 1.22. The number of hydrogen-bond acceptors (Lipinski definition) is 5. The van der Waals surface area contributed by atoms with Crippen LogP contribution in [0.3, 0.4) is 0 Å². The van der Waals surface area contributed by atoms with E-state index in [9.17, 15) is 9.59 Å². The minimum atomic E-state index is -0.282. The minimum absolute atomic E-state index is 0.00802. The maximum Gasteiger partial charge on any atom is 0.326 e. The molecule has 8 heteroatoms. The first-order valence-corrected chi connectivity index (χ1v) is 7.65. The Morgan fingerprint density at radius 3 is 2.62 bits per heavy atom. The third-order valence-corrected chi connectivity index (χ3v) is 3.52. The Morgan fingerprint density at radius 2 is 2.08 bits per heavy atom. The zero-order valence-corrected chi connectivity index (χ0v) is 14.7. The Hall–Kier alpha value is -2.69. The number of urea groups is 1. The van der Waals surface area contributed by atoms with E-state index >= 15 is 0 Å². The lowest BCUT2D eigenvalue weighted by atomic mass is 9.95. The van der Waals surface area contributed by atoms with Gasteiger partial charge in [0.1, 0.15) is 18.4 Å². The van der Waals surface area contributed by atoms with Crippen molar-refractivity contribution in [1.82, 2.24) is 19.8 Å². The van der Waals surface area contributed by atoms with E-state index in [1.807, 2.05) is 26.8 Å². The van der Waals surface area contributed by atoms with Crippen LogP contribution in [0, 0.1) is 16.7 Å². The Bertz CT molecular complexity index is 701. The molecule has 0 spiro atoms. The molecule has 24 heavy (non-hydrogen) atoms. The van der Waals surface area contributed by atoms with Gasteiger partial charge in [-0.05, 0) is 5.41 Å². The SMILES string of the molecule is CN(C)C(=O)CN1Cc2cnc(C#N)nc2N(CC(C)(C)C)C1=O. The summed E-state index contributed by atoms with van der Waals surface area (Å²) in [4.78, 5) is 37.5.